The first kappa shape index (κ1) is 15.1. The molecule has 0 aromatic carbocycles. The van der Waals surface area contributed by atoms with Gasteiger partial charge in [-0.05, 0) is 80.3 Å². The molecule has 4 aliphatic carbocycles. The molecular formula is C22H26O. The van der Waals surface area contributed by atoms with Crippen LogP contribution in [0.3, 0.4) is 0 Å². The van der Waals surface area contributed by atoms with E-state index in [2.05, 4.69) is 30.9 Å². The minimum atomic E-state index is -0.893. The van der Waals surface area contributed by atoms with E-state index in [-0.39, 0.29) is 5.41 Å². The second kappa shape index (κ2) is 5.03. The molecule has 120 valence electrons. The zero-order chi connectivity index (χ0) is 16.2. The van der Waals surface area contributed by atoms with Gasteiger partial charge in [-0.3, -0.25) is 0 Å². The molecule has 0 radical (unpaired) electrons. The van der Waals surface area contributed by atoms with E-state index in [4.69, 9.17) is 12.8 Å². The van der Waals surface area contributed by atoms with Gasteiger partial charge in [0.1, 0.15) is 5.60 Å². The lowest BCUT2D eigenvalue weighted by molar-refractivity contribution is -0.0801. The molecule has 1 heteroatoms. The summed E-state index contributed by atoms with van der Waals surface area (Å²) in [5, 5.41) is 11.0. The Labute approximate surface area is 140 Å². The summed E-state index contributed by atoms with van der Waals surface area (Å²) < 4.78 is 0. The predicted octanol–water partition coefficient (Wildman–Crippen LogP) is 4.09. The van der Waals surface area contributed by atoms with Crippen molar-refractivity contribution in [2.75, 3.05) is 0 Å². The zero-order valence-corrected chi connectivity index (χ0v) is 14.0. The summed E-state index contributed by atoms with van der Waals surface area (Å²) in [7, 11) is 0. The standard InChI is InChI=1S/C22H26O/c1-4-15-6-8-17-16(14-15)7-9-19-18(17)10-12-21(3)20(19)11-13-22(21,23)5-2/h1-2,7,14,17-20,23H,6,8-13H2,3H3/t17-,18+,19+,20-,21-,22-/m0/s1. The molecule has 0 aromatic heterocycles. The van der Waals surface area contributed by atoms with E-state index in [1.807, 2.05) is 0 Å². The second-order valence-electron chi connectivity index (χ2n) is 8.33. The molecule has 0 spiro atoms. The van der Waals surface area contributed by atoms with Crippen molar-refractivity contribution >= 4 is 0 Å². The van der Waals surface area contributed by atoms with Crippen LogP contribution in [0, 0.1) is 53.8 Å². The van der Waals surface area contributed by atoms with Gasteiger partial charge in [0.2, 0.25) is 0 Å². The topological polar surface area (TPSA) is 20.2 Å². The van der Waals surface area contributed by atoms with Crippen LogP contribution in [0.15, 0.2) is 23.3 Å². The maximum Gasteiger partial charge on any atom is 0.130 e. The molecule has 1 nitrogen and oxygen atoms in total. The van der Waals surface area contributed by atoms with E-state index in [0.717, 1.165) is 43.6 Å². The van der Waals surface area contributed by atoms with Crippen LogP contribution < -0.4 is 0 Å². The van der Waals surface area contributed by atoms with Crippen molar-refractivity contribution in [2.45, 2.75) is 57.5 Å². The van der Waals surface area contributed by atoms with E-state index < -0.39 is 5.60 Å². The maximum atomic E-state index is 11.0. The second-order valence-corrected chi connectivity index (χ2v) is 8.33. The molecule has 0 amide bonds. The molecular weight excluding hydrogens is 280 g/mol. The number of fused-ring (bicyclic) bond motifs is 5. The van der Waals surface area contributed by atoms with Crippen LogP contribution in [0.2, 0.25) is 0 Å². The monoisotopic (exact) mass is 306 g/mol. The Hall–Kier alpha value is -1.44. The summed E-state index contributed by atoms with van der Waals surface area (Å²) in [6.07, 6.45) is 23.5. The third-order valence-electron chi connectivity index (χ3n) is 7.70. The van der Waals surface area contributed by atoms with E-state index in [0.29, 0.717) is 17.8 Å². The van der Waals surface area contributed by atoms with Crippen LogP contribution in [0.5, 0.6) is 0 Å². The van der Waals surface area contributed by atoms with Crippen LogP contribution in [-0.4, -0.2) is 10.7 Å². The first-order valence-electron chi connectivity index (χ1n) is 9.10. The van der Waals surface area contributed by atoms with Crippen LogP contribution >= 0.6 is 0 Å². The van der Waals surface area contributed by atoms with Crippen molar-refractivity contribution in [3.05, 3.63) is 23.3 Å². The first-order valence-corrected chi connectivity index (χ1v) is 9.10. The van der Waals surface area contributed by atoms with Gasteiger partial charge in [-0.15, -0.1) is 12.8 Å². The van der Waals surface area contributed by atoms with Gasteiger partial charge in [-0.2, -0.15) is 0 Å². The smallest absolute Gasteiger partial charge is 0.130 e. The van der Waals surface area contributed by atoms with Crippen LogP contribution in [-0.2, 0) is 0 Å². The van der Waals surface area contributed by atoms with E-state index in [9.17, 15) is 5.11 Å². The molecule has 2 saturated carbocycles. The third kappa shape index (κ3) is 1.93. The van der Waals surface area contributed by atoms with E-state index in [1.54, 1.807) is 0 Å². The van der Waals surface area contributed by atoms with Gasteiger partial charge in [-0.1, -0.05) is 24.8 Å². The molecule has 6 atom stereocenters. The van der Waals surface area contributed by atoms with Crippen molar-refractivity contribution < 1.29 is 5.11 Å². The molecule has 0 unspecified atom stereocenters. The number of terminal acetylenes is 2. The van der Waals surface area contributed by atoms with Gasteiger partial charge >= 0.3 is 0 Å². The minimum Gasteiger partial charge on any atom is -0.377 e. The third-order valence-corrected chi connectivity index (χ3v) is 7.70. The highest BCUT2D eigenvalue weighted by molar-refractivity contribution is 5.40. The van der Waals surface area contributed by atoms with Gasteiger partial charge in [0.15, 0.2) is 0 Å². The first-order chi connectivity index (χ1) is 11.0. The van der Waals surface area contributed by atoms with Crippen molar-refractivity contribution in [2.24, 2.45) is 29.1 Å². The molecule has 23 heavy (non-hydrogen) atoms. The van der Waals surface area contributed by atoms with Crippen molar-refractivity contribution in [3.63, 3.8) is 0 Å². The lowest BCUT2D eigenvalue weighted by Crippen LogP contribution is -2.51. The lowest BCUT2D eigenvalue weighted by atomic mass is 9.51. The van der Waals surface area contributed by atoms with Gasteiger partial charge in [0.25, 0.3) is 0 Å². The molecule has 1 N–H and O–H groups in total. The fourth-order valence-electron chi connectivity index (χ4n) is 6.32. The minimum absolute atomic E-state index is 0.0945. The van der Waals surface area contributed by atoms with Crippen molar-refractivity contribution in [1.29, 1.82) is 0 Å². The summed E-state index contributed by atoms with van der Waals surface area (Å²) in [5.41, 5.74) is 1.66. The van der Waals surface area contributed by atoms with Crippen LogP contribution in [0.4, 0.5) is 0 Å². The average Bonchev–Trinajstić information content (AvgIpc) is 2.86. The fourth-order valence-corrected chi connectivity index (χ4v) is 6.32. The Balaban J connectivity index is 1.67. The highest BCUT2D eigenvalue weighted by Crippen LogP contribution is 2.64. The number of aliphatic hydroxyl groups is 1. The maximum absolute atomic E-state index is 11.0. The lowest BCUT2D eigenvalue weighted by Gasteiger charge is -2.53. The summed E-state index contributed by atoms with van der Waals surface area (Å²) >= 11 is 0. The molecule has 4 rings (SSSR count). The summed E-state index contributed by atoms with van der Waals surface area (Å²) in [6.45, 7) is 2.25. The molecule has 4 aliphatic rings. The number of allylic oxidation sites excluding steroid dienone is 4. The number of hydrogen-bond acceptors (Lipinski definition) is 1. The fraction of sp³-hybridized carbons (Fsp3) is 0.636. The summed E-state index contributed by atoms with van der Waals surface area (Å²) in [5.74, 6) is 8.27. The molecule has 0 saturated heterocycles. The van der Waals surface area contributed by atoms with Gasteiger partial charge < -0.3 is 5.11 Å². The highest BCUT2D eigenvalue weighted by atomic mass is 16.3. The van der Waals surface area contributed by atoms with Gasteiger partial charge in [0.05, 0.1) is 0 Å². The zero-order valence-electron chi connectivity index (χ0n) is 14.0. The molecule has 2 fully saturated rings. The van der Waals surface area contributed by atoms with Crippen LogP contribution in [0.25, 0.3) is 0 Å². The molecule has 0 bridgehead atoms. The normalized spacial score (nSPS) is 48.0. The molecule has 0 aromatic rings. The highest BCUT2D eigenvalue weighted by Gasteiger charge is 2.61. The van der Waals surface area contributed by atoms with Gasteiger partial charge in [0, 0.05) is 11.0 Å². The van der Waals surface area contributed by atoms with E-state index >= 15 is 0 Å². The Morgan fingerprint density at radius 2 is 2.00 bits per heavy atom. The summed E-state index contributed by atoms with van der Waals surface area (Å²) in [6, 6.07) is 0. The Morgan fingerprint density at radius 1 is 1.17 bits per heavy atom. The summed E-state index contributed by atoms with van der Waals surface area (Å²) in [4.78, 5) is 0. The number of hydrogen-bond donors (Lipinski definition) is 1. The molecule has 0 heterocycles. The quantitative estimate of drug-likeness (QED) is 0.668. The van der Waals surface area contributed by atoms with Crippen molar-refractivity contribution in [3.8, 4) is 24.7 Å². The van der Waals surface area contributed by atoms with Gasteiger partial charge in [-0.25, -0.2) is 0 Å². The Bertz CT molecular complexity index is 669. The van der Waals surface area contributed by atoms with Crippen molar-refractivity contribution in [1.82, 2.24) is 0 Å². The molecule has 0 aliphatic heterocycles. The predicted molar refractivity (Wildman–Crippen MR) is 93.2 cm³/mol. The Morgan fingerprint density at radius 3 is 2.74 bits per heavy atom. The largest absolute Gasteiger partial charge is 0.377 e. The SMILES string of the molecule is C#CC1=CC2=CC[C@@H]3[C@H](CC[C@@]4(C)[C@H]3CC[C@@]4(O)C#C)[C@H]2CC1. The number of rotatable bonds is 0. The van der Waals surface area contributed by atoms with Crippen LogP contribution in [0.1, 0.15) is 51.9 Å². The Kier molecular flexibility index (Phi) is 3.30. The van der Waals surface area contributed by atoms with E-state index in [1.165, 1.54) is 18.4 Å². The average molecular weight is 306 g/mol.